The molecule has 0 bridgehead atoms. The van der Waals surface area contributed by atoms with Crippen molar-refractivity contribution in [3.05, 3.63) is 28.7 Å². The maximum Gasteiger partial charge on any atom is 0.277 e. The molecule has 0 N–H and O–H groups in total. The zero-order valence-electron chi connectivity index (χ0n) is 12.4. The molecule has 108 valence electrons. The lowest BCUT2D eigenvalue weighted by molar-refractivity contribution is -0.122. The summed E-state index contributed by atoms with van der Waals surface area (Å²) in [6.07, 6.45) is 5.98. The molecule has 0 unspecified atom stereocenters. The van der Waals surface area contributed by atoms with Crippen LogP contribution in [0, 0.1) is 18.3 Å². The number of nitriles is 1. The molecule has 0 atom stereocenters. The Labute approximate surface area is 124 Å². The van der Waals surface area contributed by atoms with Gasteiger partial charge in [-0.25, -0.2) is 4.99 Å². The van der Waals surface area contributed by atoms with Gasteiger partial charge in [-0.05, 0) is 37.5 Å². The number of fused-ring (bicyclic) bond motifs is 1. The second kappa shape index (κ2) is 5.21. The van der Waals surface area contributed by atoms with Gasteiger partial charge in [-0.3, -0.25) is 9.69 Å². The summed E-state index contributed by atoms with van der Waals surface area (Å²) in [5.74, 6) is 0.895. The number of aromatic nitrogens is 1. The number of amidine groups is 1. The van der Waals surface area contributed by atoms with Gasteiger partial charge >= 0.3 is 0 Å². The van der Waals surface area contributed by atoms with Crippen molar-refractivity contribution < 1.29 is 4.79 Å². The molecule has 1 amide bonds. The molecule has 2 aliphatic heterocycles. The Kier molecular flexibility index (Phi) is 3.38. The SMILES string of the molecule is Cc1c(C=C2N=C3CCCCCN3C2=O)cc(C#N)n1C. The molecule has 0 radical (unpaired) electrons. The van der Waals surface area contributed by atoms with Gasteiger partial charge in [0, 0.05) is 25.7 Å². The van der Waals surface area contributed by atoms with Crippen LogP contribution in [-0.2, 0) is 11.8 Å². The molecule has 21 heavy (non-hydrogen) atoms. The maximum atomic E-state index is 12.4. The maximum absolute atomic E-state index is 12.4. The van der Waals surface area contributed by atoms with E-state index in [1.807, 2.05) is 23.4 Å². The monoisotopic (exact) mass is 282 g/mol. The van der Waals surface area contributed by atoms with Crippen molar-refractivity contribution in [3.8, 4) is 6.07 Å². The molecule has 5 heteroatoms. The van der Waals surface area contributed by atoms with Crippen LogP contribution in [0.15, 0.2) is 16.8 Å². The third-order valence-corrected chi connectivity index (χ3v) is 4.29. The van der Waals surface area contributed by atoms with E-state index in [9.17, 15) is 4.79 Å². The summed E-state index contributed by atoms with van der Waals surface area (Å²) in [6.45, 7) is 2.71. The normalized spacial score (nSPS) is 20.2. The Balaban J connectivity index is 1.98. The van der Waals surface area contributed by atoms with Gasteiger partial charge in [0.1, 0.15) is 23.3 Å². The fourth-order valence-corrected chi connectivity index (χ4v) is 2.87. The largest absolute Gasteiger partial charge is 0.339 e. The van der Waals surface area contributed by atoms with Crippen LogP contribution >= 0.6 is 0 Å². The topological polar surface area (TPSA) is 61.4 Å². The molecular weight excluding hydrogens is 264 g/mol. The van der Waals surface area contributed by atoms with Crippen molar-refractivity contribution in [1.82, 2.24) is 9.47 Å². The lowest BCUT2D eigenvalue weighted by Gasteiger charge is -2.13. The lowest BCUT2D eigenvalue weighted by Crippen LogP contribution is -2.31. The van der Waals surface area contributed by atoms with Crippen LogP contribution in [0.3, 0.4) is 0 Å². The summed E-state index contributed by atoms with van der Waals surface area (Å²) in [4.78, 5) is 18.8. The number of carbonyl (C=O) groups excluding carboxylic acids is 1. The summed E-state index contributed by atoms with van der Waals surface area (Å²) in [5, 5.41) is 9.07. The molecule has 1 aromatic rings. The van der Waals surface area contributed by atoms with Gasteiger partial charge < -0.3 is 4.57 Å². The average molecular weight is 282 g/mol. The summed E-state index contributed by atoms with van der Waals surface area (Å²) in [7, 11) is 1.85. The highest BCUT2D eigenvalue weighted by atomic mass is 16.2. The van der Waals surface area contributed by atoms with Crippen molar-refractivity contribution >= 4 is 17.8 Å². The smallest absolute Gasteiger partial charge is 0.277 e. The number of aliphatic imine (C=N–C) groups is 1. The molecule has 0 aromatic carbocycles. The Morgan fingerprint density at radius 3 is 2.90 bits per heavy atom. The minimum atomic E-state index is -0.00587. The van der Waals surface area contributed by atoms with Gasteiger partial charge in [0.25, 0.3) is 5.91 Å². The molecular formula is C16H18N4O. The summed E-state index contributed by atoms with van der Waals surface area (Å²) in [6, 6.07) is 3.96. The van der Waals surface area contributed by atoms with Crippen molar-refractivity contribution in [3.63, 3.8) is 0 Å². The molecule has 3 heterocycles. The Morgan fingerprint density at radius 1 is 1.38 bits per heavy atom. The molecule has 1 aromatic heterocycles. The number of carbonyl (C=O) groups is 1. The molecule has 3 rings (SSSR count). The van der Waals surface area contributed by atoms with Crippen LogP contribution in [0.1, 0.15) is 42.6 Å². The summed E-state index contributed by atoms with van der Waals surface area (Å²) in [5.41, 5.74) is 2.94. The van der Waals surface area contributed by atoms with E-state index in [2.05, 4.69) is 11.1 Å². The van der Waals surface area contributed by atoms with E-state index in [0.29, 0.717) is 11.4 Å². The van der Waals surface area contributed by atoms with E-state index in [1.165, 1.54) is 0 Å². The number of rotatable bonds is 1. The van der Waals surface area contributed by atoms with Gasteiger partial charge in [0.2, 0.25) is 0 Å². The zero-order chi connectivity index (χ0) is 15.0. The minimum absolute atomic E-state index is 0.00587. The van der Waals surface area contributed by atoms with Crippen LogP contribution in [0.25, 0.3) is 6.08 Å². The van der Waals surface area contributed by atoms with Crippen molar-refractivity contribution in [1.29, 1.82) is 5.26 Å². The fourth-order valence-electron chi connectivity index (χ4n) is 2.87. The summed E-state index contributed by atoms with van der Waals surface area (Å²) >= 11 is 0. The number of hydrogen-bond acceptors (Lipinski definition) is 3. The lowest BCUT2D eigenvalue weighted by atomic mass is 10.2. The Morgan fingerprint density at radius 2 is 2.19 bits per heavy atom. The van der Waals surface area contributed by atoms with E-state index >= 15 is 0 Å². The van der Waals surface area contributed by atoms with Crippen LogP contribution in [0.5, 0.6) is 0 Å². The van der Waals surface area contributed by atoms with Gasteiger partial charge in [-0.15, -0.1) is 0 Å². The fraction of sp³-hybridized carbons (Fsp3) is 0.438. The van der Waals surface area contributed by atoms with Crippen LogP contribution in [0.2, 0.25) is 0 Å². The van der Waals surface area contributed by atoms with Gasteiger partial charge in [0.05, 0.1) is 0 Å². The molecule has 0 spiro atoms. The predicted octanol–water partition coefficient (Wildman–Crippen LogP) is 2.36. The van der Waals surface area contributed by atoms with Crippen LogP contribution < -0.4 is 0 Å². The zero-order valence-corrected chi connectivity index (χ0v) is 12.4. The van der Waals surface area contributed by atoms with E-state index in [-0.39, 0.29) is 5.91 Å². The van der Waals surface area contributed by atoms with Crippen LogP contribution in [-0.4, -0.2) is 27.8 Å². The predicted molar refractivity (Wildman–Crippen MR) is 80.5 cm³/mol. The van der Waals surface area contributed by atoms with E-state index in [1.54, 1.807) is 12.1 Å². The highest BCUT2D eigenvalue weighted by Gasteiger charge is 2.30. The van der Waals surface area contributed by atoms with Gasteiger partial charge in [-0.1, -0.05) is 6.42 Å². The Hall–Kier alpha value is -2.35. The first kappa shape index (κ1) is 13.6. The first-order valence-corrected chi connectivity index (χ1v) is 7.29. The van der Waals surface area contributed by atoms with E-state index in [0.717, 1.165) is 49.3 Å². The van der Waals surface area contributed by atoms with Crippen molar-refractivity contribution in [2.45, 2.75) is 32.6 Å². The van der Waals surface area contributed by atoms with Crippen molar-refractivity contribution in [2.75, 3.05) is 6.54 Å². The molecule has 1 fully saturated rings. The molecule has 2 aliphatic rings. The van der Waals surface area contributed by atoms with E-state index in [4.69, 9.17) is 5.26 Å². The average Bonchev–Trinajstić information content (AvgIpc) is 2.81. The first-order chi connectivity index (χ1) is 10.1. The molecule has 5 nitrogen and oxygen atoms in total. The quantitative estimate of drug-likeness (QED) is 0.742. The number of nitrogens with zero attached hydrogens (tertiary/aromatic N) is 4. The number of amides is 1. The van der Waals surface area contributed by atoms with Crippen molar-refractivity contribution in [2.24, 2.45) is 12.0 Å². The van der Waals surface area contributed by atoms with Gasteiger partial charge in [0.15, 0.2) is 0 Å². The second-order valence-electron chi connectivity index (χ2n) is 5.57. The number of hydrogen-bond donors (Lipinski definition) is 0. The highest BCUT2D eigenvalue weighted by Crippen LogP contribution is 2.25. The highest BCUT2D eigenvalue weighted by molar-refractivity contribution is 6.14. The third kappa shape index (κ3) is 2.27. The first-order valence-electron chi connectivity index (χ1n) is 7.29. The van der Waals surface area contributed by atoms with E-state index < -0.39 is 0 Å². The second-order valence-corrected chi connectivity index (χ2v) is 5.57. The third-order valence-electron chi connectivity index (χ3n) is 4.29. The van der Waals surface area contributed by atoms with Gasteiger partial charge in [-0.2, -0.15) is 5.26 Å². The molecule has 1 saturated heterocycles. The molecule has 0 aliphatic carbocycles. The van der Waals surface area contributed by atoms with Crippen LogP contribution in [0.4, 0.5) is 0 Å². The summed E-state index contributed by atoms with van der Waals surface area (Å²) < 4.78 is 1.83. The molecule has 0 saturated carbocycles. The standard InChI is InChI=1S/C16H18N4O/c1-11-12(8-13(10-17)19(11)2)9-14-16(21)20-7-5-3-4-6-15(20)18-14/h8-9H,3-7H2,1-2H3. The minimum Gasteiger partial charge on any atom is -0.339 e. The Bertz CT molecular complexity index is 703.